The summed E-state index contributed by atoms with van der Waals surface area (Å²) in [5.41, 5.74) is 46.6. The molecule has 5 rings (SSSR count). The zero-order chi connectivity index (χ0) is 103. The number of ether oxygens (including phenoxy) is 2. The van der Waals surface area contributed by atoms with E-state index in [1.54, 1.807) is 84.1 Å². The van der Waals surface area contributed by atoms with Crippen molar-refractivity contribution in [3.63, 3.8) is 0 Å². The van der Waals surface area contributed by atoms with Crippen LogP contribution in [0.25, 0.3) is 11.2 Å². The molecule has 0 saturated carbocycles. The Hall–Kier alpha value is -15.9. The summed E-state index contributed by atoms with van der Waals surface area (Å²) in [5, 5.41) is 111. The number of nitrogens with zero attached hydrogens (tertiary/aromatic N) is 5. The Morgan fingerprint density at radius 3 is 1.24 bits per heavy atom. The third-order valence-corrected chi connectivity index (χ3v) is 20.5. The Morgan fingerprint density at radius 2 is 0.827 bits per heavy atom. The number of hydrogen-bond donors (Lipinski definition) is 32. The number of benzene rings is 3. The van der Waals surface area contributed by atoms with Gasteiger partial charge in [0.05, 0.1) is 31.6 Å². The summed E-state index contributed by atoms with van der Waals surface area (Å²) in [7, 11) is 1.76. The van der Waals surface area contributed by atoms with E-state index in [1.807, 2.05) is 4.90 Å². The maximum Gasteiger partial charge on any atom is 0.329 e. The average Bonchev–Trinajstić information content (AvgIpc) is 0.804. The van der Waals surface area contributed by atoms with Crippen LogP contribution in [0.2, 0.25) is 0 Å². The minimum Gasteiger partial charge on any atom is -0.508 e. The van der Waals surface area contributed by atoms with Crippen molar-refractivity contribution < 1.29 is 91.9 Å². The first-order valence-electron chi connectivity index (χ1n) is 44.5. The lowest BCUT2D eigenvalue weighted by Gasteiger charge is -2.28. The van der Waals surface area contributed by atoms with Gasteiger partial charge in [0.2, 0.25) is 65.0 Å². The molecule has 2 heterocycles. The number of nitrogens with one attached hydrogen (secondary N) is 21. The number of anilines is 3. The number of aliphatic hydroxyl groups excluding tert-OH is 2. The second-order valence-electron chi connectivity index (χ2n) is 33.7. The SMILES string of the molecule is CC(C)C[C@H](NC(=O)[C@H](CCCNC(=N)N)NC(=O)[C@H](CCCNC(=N)N)NC(=O)COC(=O)CC[C@H](NC(=O)c1ccc(N(C)Cc2cnc3nc(N)nc(N)c3n2)cc1)C(=O)OC(C)(C)C)C(=O)N[C@@H](CO)C(=O)N[C@@H](Cc1ccc(O)cc1)C(=O)N[C@@H](CO)C(=O)N[C@@H](CCCNC(=N)N)C(=O)N[C@@H](CCCNC(=N)N)C(=O)N[C@@H](CCCNC(=N)N)C(=O)N[C@@H](Cc1ccccc1)C(N)=O. The summed E-state index contributed by atoms with van der Waals surface area (Å²) in [6.45, 7) is 4.87. The molecule has 12 amide bonds. The number of nitrogens with two attached hydrogens (primary N) is 8. The van der Waals surface area contributed by atoms with Crippen LogP contribution in [-0.2, 0) is 91.2 Å². The van der Waals surface area contributed by atoms with Crippen LogP contribution < -0.4 is 136 Å². The molecule has 2 aromatic heterocycles. The quantitative estimate of drug-likeness (QED) is 0.00744. The molecule has 0 aliphatic carbocycles. The van der Waals surface area contributed by atoms with Crippen molar-refractivity contribution in [1.29, 1.82) is 27.0 Å². The van der Waals surface area contributed by atoms with E-state index in [0.717, 1.165) is 0 Å². The van der Waals surface area contributed by atoms with Gasteiger partial charge in [-0.15, -0.1) is 0 Å². The molecular weight excluding hydrogens is 1810 g/mol. The molecule has 11 atom stereocenters. The molecule has 0 bridgehead atoms. The summed E-state index contributed by atoms with van der Waals surface area (Å²) in [4.78, 5) is 217. The number of carbonyl (C=O) groups is 14. The highest BCUT2D eigenvalue weighted by molar-refractivity contribution is 6.01. The van der Waals surface area contributed by atoms with Crippen molar-refractivity contribution in [2.24, 2.45) is 40.3 Å². The summed E-state index contributed by atoms with van der Waals surface area (Å²) in [6.07, 6.45) is -1.12. The van der Waals surface area contributed by atoms with Gasteiger partial charge in [-0.25, -0.2) is 14.8 Å². The number of guanidine groups is 5. The molecule has 53 heteroatoms. The molecule has 0 aliphatic heterocycles. The minimum atomic E-state index is -1.97. The maximum atomic E-state index is 14.7. The number of phenols is 1. The number of rotatable bonds is 59. The van der Waals surface area contributed by atoms with E-state index < -0.39 is 223 Å². The van der Waals surface area contributed by atoms with Crippen molar-refractivity contribution in [1.82, 2.24) is 105 Å². The van der Waals surface area contributed by atoms with Crippen LogP contribution in [0, 0.1) is 33.0 Å². The highest BCUT2D eigenvalue weighted by Crippen LogP contribution is 2.22. The van der Waals surface area contributed by atoms with Gasteiger partial charge in [-0.05, 0) is 151 Å². The van der Waals surface area contributed by atoms with Gasteiger partial charge in [0, 0.05) is 70.3 Å². The lowest BCUT2D eigenvalue weighted by atomic mass is 10.0. The number of hydrogen-bond acceptors (Lipinski definition) is 31. The van der Waals surface area contributed by atoms with Crippen molar-refractivity contribution in [3.8, 4) is 5.75 Å². The number of phenolic OH excluding ortho intramolecular Hbond substituents is 1. The second-order valence-corrected chi connectivity index (χ2v) is 33.7. The molecule has 53 nitrogen and oxygen atoms in total. The highest BCUT2D eigenvalue weighted by Gasteiger charge is 2.38. The van der Waals surface area contributed by atoms with Crippen LogP contribution in [0.4, 0.5) is 17.5 Å². The lowest BCUT2D eigenvalue weighted by molar-refractivity contribution is -0.158. The standard InChI is InChI=1S/C86H132N34O19/c1-45(2)37-59(114-74(132)56(21-14-36-104-84(97)98)108-70(128)52(17-10-32-100-80(89)90)107-63(124)44-138-64(125)31-30-57(79(137)139-86(3,4)5)112-69(127)48-24-26-50(27-25-48)120(6)41-49-40-105-68-65(106-49)66(87)118-85(99)119-68)75(133)116-62(43-122)78(136)115-60(39-47-22-28-51(123)29-23-47)76(134)117-61(42-121)77(135)111-54(19-12-34-102-82(93)94)72(130)109-53(18-11-33-101-81(91)92)71(129)110-55(20-13-35-103-83(95)96)73(131)113-58(67(88)126)38-46-15-8-7-9-16-46/h7-9,15-16,22-29,40,45,52-62,121-123H,10-14,17-21,30-39,41-44H2,1-6H3,(H2,88,126)(H,107,124)(H,108,128)(H,109,130)(H,110,129)(H,111,135)(H,112,127)(H,113,131)(H,114,132)(H,115,136)(H,116,133)(H,117,134)(H4,89,90,100)(H4,91,92,101)(H4,93,94,102)(H4,95,96,103)(H4,97,98,104)(H4,87,99,105,118,119)/t52-,53-,54-,55-,56-,57-,58-,59-,60-,61-,62-/m0/s1. The van der Waals surface area contributed by atoms with Crippen LogP contribution >= 0.6 is 0 Å². The second kappa shape index (κ2) is 57.8. The zero-order valence-electron chi connectivity index (χ0n) is 78.2. The molecule has 0 unspecified atom stereocenters. The monoisotopic (exact) mass is 1950 g/mol. The number of aliphatic hydroxyl groups is 2. The first-order valence-corrected chi connectivity index (χ1v) is 44.5. The van der Waals surface area contributed by atoms with Gasteiger partial charge in [0.15, 0.2) is 53.4 Å². The Kier molecular flexibility index (Phi) is 47.2. The first-order chi connectivity index (χ1) is 65.7. The minimum absolute atomic E-state index is 0.00534. The molecule has 40 N–H and O–H groups in total. The van der Waals surface area contributed by atoms with Crippen molar-refractivity contribution in [3.05, 3.63) is 107 Å². The van der Waals surface area contributed by atoms with Crippen molar-refractivity contribution in [2.45, 2.75) is 210 Å². The number of nitrogen functional groups attached to an aromatic ring is 2. The molecule has 3 aromatic carbocycles. The van der Waals surface area contributed by atoms with Gasteiger partial charge >= 0.3 is 11.9 Å². The van der Waals surface area contributed by atoms with Crippen LogP contribution in [0.15, 0.2) is 85.1 Å². The predicted molar refractivity (Wildman–Crippen MR) is 510 cm³/mol. The van der Waals surface area contributed by atoms with E-state index in [0.29, 0.717) is 16.9 Å². The zero-order valence-corrected chi connectivity index (χ0v) is 78.2. The van der Waals surface area contributed by atoms with Crippen molar-refractivity contribution >= 4 is 141 Å². The van der Waals surface area contributed by atoms with Gasteiger partial charge < -0.3 is 161 Å². The molecule has 0 fully saturated rings. The molecule has 0 spiro atoms. The van der Waals surface area contributed by atoms with Crippen molar-refractivity contribution in [2.75, 3.05) is 76.0 Å². The van der Waals surface area contributed by atoms with Crippen LogP contribution in [0.5, 0.6) is 5.75 Å². The third kappa shape index (κ3) is 42.7. The number of esters is 2. The highest BCUT2D eigenvalue weighted by atomic mass is 16.6. The smallest absolute Gasteiger partial charge is 0.329 e. The molecule has 0 saturated heterocycles. The van der Waals surface area contributed by atoms with E-state index >= 15 is 0 Å². The summed E-state index contributed by atoms with van der Waals surface area (Å²) < 4.78 is 10.9. The number of fused-ring (bicyclic) bond motifs is 1. The van der Waals surface area contributed by atoms with Gasteiger partial charge in [0.1, 0.15) is 77.8 Å². The number of aromatic hydroxyl groups is 1. The Bertz CT molecular complexity index is 5050. The fourth-order valence-corrected chi connectivity index (χ4v) is 13.5. The lowest BCUT2D eigenvalue weighted by Crippen LogP contribution is -2.62. The van der Waals surface area contributed by atoms with Crippen LogP contribution in [-0.4, -0.2) is 280 Å². The van der Waals surface area contributed by atoms with Crippen LogP contribution in [0.1, 0.15) is 145 Å². The van der Waals surface area contributed by atoms with E-state index in [9.17, 15) is 82.4 Å². The molecule has 760 valence electrons. The Balaban J connectivity index is 1.33. The molecular formula is C86H132N34O19. The van der Waals surface area contributed by atoms with E-state index in [-0.39, 0.29) is 163 Å². The van der Waals surface area contributed by atoms with Gasteiger partial charge in [-0.2, -0.15) is 9.97 Å². The number of amides is 12. The van der Waals surface area contributed by atoms with Gasteiger partial charge in [-0.3, -0.25) is 89.4 Å². The number of aromatic nitrogens is 4. The van der Waals surface area contributed by atoms with Gasteiger partial charge in [-0.1, -0.05) is 56.3 Å². The van der Waals surface area contributed by atoms with E-state index in [1.165, 1.54) is 42.6 Å². The fourth-order valence-electron chi connectivity index (χ4n) is 13.5. The summed E-state index contributed by atoms with van der Waals surface area (Å²) in [6, 6.07) is 2.24. The Labute approximate surface area is 800 Å². The largest absolute Gasteiger partial charge is 0.508 e. The first kappa shape index (κ1) is 114. The summed E-state index contributed by atoms with van der Waals surface area (Å²) in [5.74, 6) is -17.2. The maximum absolute atomic E-state index is 14.7. The van der Waals surface area contributed by atoms with E-state index in [2.05, 4.69) is 105 Å². The normalized spacial score (nSPS) is 13.4. The number of carbonyl (C=O) groups excluding carboxylic acids is 14. The molecule has 5 aromatic rings. The van der Waals surface area contributed by atoms with Crippen LogP contribution in [0.3, 0.4) is 0 Å². The van der Waals surface area contributed by atoms with Gasteiger partial charge in [0.25, 0.3) is 11.8 Å². The molecule has 0 aliphatic rings. The summed E-state index contributed by atoms with van der Waals surface area (Å²) >= 11 is 0. The average molecular weight is 1950 g/mol. The van der Waals surface area contributed by atoms with E-state index in [4.69, 9.17) is 82.4 Å². The third-order valence-electron chi connectivity index (χ3n) is 20.5. The molecule has 139 heavy (non-hydrogen) atoms. The Morgan fingerprint density at radius 1 is 0.446 bits per heavy atom. The topological polar surface area (TPSA) is 893 Å². The predicted octanol–water partition coefficient (Wildman–Crippen LogP) is -7.14. The number of primary amides is 1. The molecule has 0 radical (unpaired) electrons. The fraction of sp³-hybridized carbons (Fsp3) is 0.500.